The van der Waals surface area contributed by atoms with Crippen LogP contribution in [0.5, 0.6) is 0 Å². The molecule has 4 nitrogen and oxygen atoms in total. The molecule has 0 unspecified atom stereocenters. The second kappa shape index (κ2) is 6.67. The molecule has 0 aromatic heterocycles. The van der Waals surface area contributed by atoms with Crippen LogP contribution in [0.25, 0.3) is 0 Å². The van der Waals surface area contributed by atoms with Gasteiger partial charge in [0.15, 0.2) is 0 Å². The van der Waals surface area contributed by atoms with Crippen molar-refractivity contribution < 1.29 is 14.9 Å². The van der Waals surface area contributed by atoms with Gasteiger partial charge in [0.25, 0.3) is 0 Å². The van der Waals surface area contributed by atoms with Crippen molar-refractivity contribution in [2.75, 3.05) is 26.2 Å². The van der Waals surface area contributed by atoms with Gasteiger partial charge in [-0.2, -0.15) is 0 Å². The van der Waals surface area contributed by atoms with Crippen molar-refractivity contribution in [2.45, 2.75) is 44.5 Å². The van der Waals surface area contributed by atoms with Gasteiger partial charge < -0.3 is 19.8 Å². The molecule has 0 bridgehead atoms. The summed E-state index contributed by atoms with van der Waals surface area (Å²) in [6.45, 7) is 5.24. The van der Waals surface area contributed by atoms with Crippen LogP contribution in [0.3, 0.4) is 0 Å². The number of piperidine rings is 1. The number of benzene rings is 1. The molecule has 1 saturated heterocycles. The summed E-state index contributed by atoms with van der Waals surface area (Å²) in [4.78, 5) is 2.30. The highest BCUT2D eigenvalue weighted by molar-refractivity contribution is 5.17. The van der Waals surface area contributed by atoms with E-state index in [0.29, 0.717) is 6.54 Å². The van der Waals surface area contributed by atoms with Crippen LogP contribution in [0.2, 0.25) is 0 Å². The van der Waals surface area contributed by atoms with Gasteiger partial charge in [-0.25, -0.2) is 0 Å². The van der Waals surface area contributed by atoms with E-state index < -0.39 is 6.10 Å². The molecule has 0 amide bonds. The minimum Gasteiger partial charge on any atom is -0.392 e. The highest BCUT2D eigenvalue weighted by atomic mass is 16.5. The van der Waals surface area contributed by atoms with E-state index in [0.717, 1.165) is 44.5 Å². The van der Waals surface area contributed by atoms with Crippen molar-refractivity contribution in [3.63, 3.8) is 0 Å². The molecule has 1 aromatic carbocycles. The molecule has 1 aliphatic carbocycles. The standard InChI is InChI=1S/C18H27NO3/c1-2-22-17-12-16(21)18(17)8-10-19(11-9-18)13-15(20)14-6-4-3-5-7-14/h3-7,15-17,20-21H,2,8-13H2,1H3/t15-,16+,17-/m1/s1. The van der Waals surface area contributed by atoms with Gasteiger partial charge in [-0.1, -0.05) is 30.3 Å². The van der Waals surface area contributed by atoms with Crippen LogP contribution in [0.1, 0.15) is 37.9 Å². The van der Waals surface area contributed by atoms with Gasteiger partial charge in [-0.3, -0.25) is 0 Å². The molecule has 3 atom stereocenters. The monoisotopic (exact) mass is 305 g/mol. The van der Waals surface area contributed by atoms with E-state index in [1.54, 1.807) is 0 Å². The van der Waals surface area contributed by atoms with Crippen LogP contribution in [-0.2, 0) is 4.74 Å². The van der Waals surface area contributed by atoms with E-state index in [9.17, 15) is 10.2 Å². The molecule has 3 rings (SSSR count). The van der Waals surface area contributed by atoms with Crippen LogP contribution in [-0.4, -0.2) is 53.6 Å². The third kappa shape index (κ3) is 2.93. The van der Waals surface area contributed by atoms with Gasteiger partial charge in [0.2, 0.25) is 0 Å². The van der Waals surface area contributed by atoms with E-state index in [4.69, 9.17) is 4.74 Å². The Bertz CT molecular complexity index is 468. The summed E-state index contributed by atoms with van der Waals surface area (Å²) in [5, 5.41) is 20.6. The smallest absolute Gasteiger partial charge is 0.0916 e. The lowest BCUT2D eigenvalue weighted by atomic mass is 9.58. The number of ether oxygens (including phenoxy) is 1. The van der Waals surface area contributed by atoms with Crippen molar-refractivity contribution in [3.8, 4) is 0 Å². The largest absolute Gasteiger partial charge is 0.392 e. The number of nitrogens with zero attached hydrogens (tertiary/aromatic N) is 1. The van der Waals surface area contributed by atoms with E-state index in [-0.39, 0.29) is 17.6 Å². The van der Waals surface area contributed by atoms with E-state index in [1.807, 2.05) is 37.3 Å². The number of aliphatic hydroxyl groups is 2. The molecule has 1 heterocycles. The number of hydrogen-bond donors (Lipinski definition) is 2. The van der Waals surface area contributed by atoms with Crippen molar-refractivity contribution in [1.82, 2.24) is 4.90 Å². The zero-order chi connectivity index (χ0) is 15.6. The first-order valence-corrected chi connectivity index (χ1v) is 8.41. The normalized spacial score (nSPS) is 29.2. The molecule has 4 heteroatoms. The number of likely N-dealkylation sites (tertiary alicyclic amines) is 1. The molecule has 122 valence electrons. The van der Waals surface area contributed by atoms with Crippen LogP contribution >= 0.6 is 0 Å². The molecule has 22 heavy (non-hydrogen) atoms. The maximum Gasteiger partial charge on any atom is 0.0916 e. The Labute approximate surface area is 132 Å². The molecule has 2 N–H and O–H groups in total. The lowest BCUT2D eigenvalue weighted by Gasteiger charge is -2.56. The second-order valence-electron chi connectivity index (χ2n) is 6.66. The summed E-state index contributed by atoms with van der Waals surface area (Å²) in [5.74, 6) is 0. The van der Waals surface area contributed by atoms with E-state index >= 15 is 0 Å². The maximum atomic E-state index is 10.3. The van der Waals surface area contributed by atoms with Crippen LogP contribution in [0.4, 0.5) is 0 Å². The summed E-state index contributed by atoms with van der Waals surface area (Å²) in [7, 11) is 0. The third-order valence-corrected chi connectivity index (χ3v) is 5.51. The Balaban J connectivity index is 1.54. The Morgan fingerprint density at radius 3 is 2.55 bits per heavy atom. The topological polar surface area (TPSA) is 52.9 Å². The van der Waals surface area contributed by atoms with Crippen LogP contribution in [0, 0.1) is 5.41 Å². The Kier molecular flexibility index (Phi) is 4.83. The van der Waals surface area contributed by atoms with Crippen molar-refractivity contribution in [2.24, 2.45) is 5.41 Å². The predicted molar refractivity (Wildman–Crippen MR) is 85.5 cm³/mol. The zero-order valence-corrected chi connectivity index (χ0v) is 13.3. The van der Waals surface area contributed by atoms with Crippen molar-refractivity contribution >= 4 is 0 Å². The summed E-state index contributed by atoms with van der Waals surface area (Å²) in [6, 6.07) is 9.82. The van der Waals surface area contributed by atoms with Crippen LogP contribution < -0.4 is 0 Å². The maximum absolute atomic E-state index is 10.3. The quantitative estimate of drug-likeness (QED) is 0.873. The van der Waals surface area contributed by atoms with Crippen molar-refractivity contribution in [1.29, 1.82) is 0 Å². The number of rotatable bonds is 5. The van der Waals surface area contributed by atoms with E-state index in [2.05, 4.69) is 4.90 Å². The lowest BCUT2D eigenvalue weighted by Crippen LogP contribution is -2.62. The summed E-state index contributed by atoms with van der Waals surface area (Å²) in [5.41, 5.74) is 0.933. The highest BCUT2D eigenvalue weighted by Gasteiger charge is 2.55. The fourth-order valence-corrected chi connectivity index (χ4v) is 3.99. The first-order valence-electron chi connectivity index (χ1n) is 8.41. The van der Waals surface area contributed by atoms with E-state index in [1.165, 1.54) is 0 Å². The minimum absolute atomic E-state index is 0.0375. The predicted octanol–water partition coefficient (Wildman–Crippen LogP) is 1.97. The molecule has 1 spiro atoms. The average Bonchev–Trinajstić information content (AvgIpc) is 2.56. The molecule has 2 fully saturated rings. The molecule has 2 aliphatic rings. The zero-order valence-electron chi connectivity index (χ0n) is 13.3. The molecular weight excluding hydrogens is 278 g/mol. The van der Waals surface area contributed by atoms with Crippen LogP contribution in [0.15, 0.2) is 30.3 Å². The van der Waals surface area contributed by atoms with Gasteiger partial charge in [0.05, 0.1) is 18.3 Å². The second-order valence-corrected chi connectivity index (χ2v) is 6.66. The number of aliphatic hydroxyl groups excluding tert-OH is 2. The van der Waals surface area contributed by atoms with Gasteiger partial charge in [0.1, 0.15) is 0 Å². The average molecular weight is 305 g/mol. The van der Waals surface area contributed by atoms with Gasteiger partial charge in [0, 0.05) is 25.0 Å². The molecule has 0 radical (unpaired) electrons. The highest BCUT2D eigenvalue weighted by Crippen LogP contribution is 2.51. The summed E-state index contributed by atoms with van der Waals surface area (Å²) < 4.78 is 5.80. The molecule has 1 aliphatic heterocycles. The van der Waals surface area contributed by atoms with Gasteiger partial charge in [-0.05, 0) is 38.4 Å². The van der Waals surface area contributed by atoms with Crippen molar-refractivity contribution in [3.05, 3.63) is 35.9 Å². The third-order valence-electron chi connectivity index (χ3n) is 5.51. The van der Waals surface area contributed by atoms with Gasteiger partial charge in [-0.15, -0.1) is 0 Å². The Morgan fingerprint density at radius 2 is 1.95 bits per heavy atom. The first kappa shape index (κ1) is 15.9. The molecule has 1 aromatic rings. The molecular formula is C18H27NO3. The van der Waals surface area contributed by atoms with Gasteiger partial charge >= 0.3 is 0 Å². The number of β-amino-alcohol motifs (C(OH)–C–C–N with tert-alkyl or cyclic N) is 1. The Morgan fingerprint density at radius 1 is 1.27 bits per heavy atom. The number of hydrogen-bond acceptors (Lipinski definition) is 4. The summed E-state index contributed by atoms with van der Waals surface area (Å²) >= 11 is 0. The molecule has 1 saturated carbocycles. The minimum atomic E-state index is -0.441. The fourth-order valence-electron chi connectivity index (χ4n) is 3.99. The first-order chi connectivity index (χ1) is 10.7. The SMILES string of the molecule is CCO[C@@H]1C[C@H](O)C12CCN(C[C@@H](O)c1ccccc1)CC2. The Hall–Kier alpha value is -0.940. The fraction of sp³-hybridized carbons (Fsp3) is 0.667. The summed E-state index contributed by atoms with van der Waals surface area (Å²) in [6.07, 6.45) is 2.25. The lowest BCUT2D eigenvalue weighted by molar-refractivity contribution is -0.210.